The summed E-state index contributed by atoms with van der Waals surface area (Å²) in [6.07, 6.45) is 1.91. The Bertz CT molecular complexity index is 478. The molecule has 4 heteroatoms. The molecule has 2 aliphatic heterocycles. The molecule has 2 aliphatic rings. The number of benzene rings is 1. The average molecular weight is 326 g/mol. The molecule has 104 valence electrons. The van der Waals surface area contributed by atoms with Gasteiger partial charge < -0.3 is 15.2 Å². The van der Waals surface area contributed by atoms with Gasteiger partial charge in [0.25, 0.3) is 0 Å². The van der Waals surface area contributed by atoms with Gasteiger partial charge in [0.15, 0.2) is 0 Å². The lowest BCUT2D eigenvalue weighted by molar-refractivity contribution is 0.346. The SMILES string of the molecule is CC(C)C(CN)c1c2c(c(Br)c3c1OCC3)OCC2. The smallest absolute Gasteiger partial charge is 0.137 e. The van der Waals surface area contributed by atoms with Gasteiger partial charge in [0, 0.05) is 35.4 Å². The third-order valence-corrected chi connectivity index (χ3v) is 5.05. The molecule has 0 saturated carbocycles. The van der Waals surface area contributed by atoms with Crippen molar-refractivity contribution >= 4 is 15.9 Å². The summed E-state index contributed by atoms with van der Waals surface area (Å²) in [5, 5.41) is 0. The van der Waals surface area contributed by atoms with Crippen molar-refractivity contribution in [2.24, 2.45) is 11.7 Å². The summed E-state index contributed by atoms with van der Waals surface area (Å²) in [7, 11) is 0. The summed E-state index contributed by atoms with van der Waals surface area (Å²) < 4.78 is 12.8. The molecule has 0 aliphatic carbocycles. The summed E-state index contributed by atoms with van der Waals surface area (Å²) in [4.78, 5) is 0. The molecular formula is C15H20BrNO2. The summed E-state index contributed by atoms with van der Waals surface area (Å²) in [5.41, 5.74) is 9.89. The second kappa shape index (κ2) is 4.98. The molecule has 0 radical (unpaired) electrons. The van der Waals surface area contributed by atoms with Gasteiger partial charge in [-0.25, -0.2) is 0 Å². The van der Waals surface area contributed by atoms with Crippen LogP contribution in [0.15, 0.2) is 4.47 Å². The van der Waals surface area contributed by atoms with Crippen LogP contribution in [0.25, 0.3) is 0 Å². The molecule has 2 N–H and O–H groups in total. The molecule has 2 heterocycles. The highest BCUT2D eigenvalue weighted by atomic mass is 79.9. The van der Waals surface area contributed by atoms with Crippen LogP contribution in [-0.2, 0) is 12.8 Å². The van der Waals surface area contributed by atoms with Gasteiger partial charge in [-0.1, -0.05) is 13.8 Å². The maximum Gasteiger partial charge on any atom is 0.137 e. The number of ether oxygens (including phenoxy) is 2. The van der Waals surface area contributed by atoms with Crippen molar-refractivity contribution in [3.05, 3.63) is 21.2 Å². The molecule has 0 saturated heterocycles. The maximum atomic E-state index is 6.02. The van der Waals surface area contributed by atoms with E-state index in [4.69, 9.17) is 15.2 Å². The van der Waals surface area contributed by atoms with E-state index in [0.717, 1.165) is 42.0 Å². The number of fused-ring (bicyclic) bond motifs is 2. The third-order valence-electron chi connectivity index (χ3n) is 4.21. The Morgan fingerprint density at radius 3 is 2.37 bits per heavy atom. The van der Waals surface area contributed by atoms with E-state index in [0.29, 0.717) is 18.4 Å². The number of rotatable bonds is 3. The highest BCUT2D eigenvalue weighted by Crippen LogP contribution is 2.50. The predicted molar refractivity (Wildman–Crippen MR) is 79.2 cm³/mol. The highest BCUT2D eigenvalue weighted by molar-refractivity contribution is 9.10. The number of hydrogen-bond acceptors (Lipinski definition) is 3. The van der Waals surface area contributed by atoms with E-state index in [-0.39, 0.29) is 0 Å². The van der Waals surface area contributed by atoms with Crippen LogP contribution in [0.1, 0.15) is 36.5 Å². The second-order valence-electron chi connectivity index (χ2n) is 5.63. The van der Waals surface area contributed by atoms with Crippen LogP contribution in [0.2, 0.25) is 0 Å². The third kappa shape index (κ3) is 1.96. The highest BCUT2D eigenvalue weighted by Gasteiger charge is 2.34. The first kappa shape index (κ1) is 13.3. The number of halogens is 1. The minimum atomic E-state index is 0.343. The summed E-state index contributed by atoms with van der Waals surface area (Å²) in [5.74, 6) is 2.94. The molecule has 1 aromatic rings. The Balaban J connectivity index is 2.23. The Morgan fingerprint density at radius 1 is 1.11 bits per heavy atom. The van der Waals surface area contributed by atoms with E-state index in [9.17, 15) is 0 Å². The van der Waals surface area contributed by atoms with Crippen LogP contribution in [-0.4, -0.2) is 19.8 Å². The Labute approximate surface area is 122 Å². The monoisotopic (exact) mass is 325 g/mol. The van der Waals surface area contributed by atoms with Crippen LogP contribution >= 0.6 is 15.9 Å². The molecule has 0 fully saturated rings. The van der Waals surface area contributed by atoms with Crippen molar-refractivity contribution in [1.29, 1.82) is 0 Å². The van der Waals surface area contributed by atoms with E-state index in [1.54, 1.807) is 0 Å². The Hall–Kier alpha value is -0.740. The lowest BCUT2D eigenvalue weighted by atomic mass is 9.83. The zero-order chi connectivity index (χ0) is 13.6. The predicted octanol–water partition coefficient (Wildman–Crippen LogP) is 3.02. The van der Waals surface area contributed by atoms with Crippen molar-refractivity contribution in [2.45, 2.75) is 32.6 Å². The molecule has 19 heavy (non-hydrogen) atoms. The Morgan fingerprint density at radius 2 is 1.74 bits per heavy atom. The van der Waals surface area contributed by atoms with Gasteiger partial charge in [-0.05, 0) is 28.4 Å². The van der Waals surface area contributed by atoms with E-state index < -0.39 is 0 Å². The van der Waals surface area contributed by atoms with Crippen LogP contribution in [0, 0.1) is 5.92 Å². The topological polar surface area (TPSA) is 44.5 Å². The van der Waals surface area contributed by atoms with E-state index >= 15 is 0 Å². The summed E-state index contributed by atoms with van der Waals surface area (Å²) >= 11 is 3.69. The first-order valence-electron chi connectivity index (χ1n) is 6.97. The zero-order valence-electron chi connectivity index (χ0n) is 11.5. The summed E-state index contributed by atoms with van der Waals surface area (Å²) in [6.45, 7) is 6.63. The molecule has 1 unspecified atom stereocenters. The van der Waals surface area contributed by atoms with Gasteiger partial charge in [0.05, 0.1) is 17.7 Å². The standard InChI is InChI=1S/C15H20BrNO2/c1-8(2)11(7-17)12-9-3-5-19-15(9)13(16)10-4-6-18-14(10)12/h8,11H,3-7,17H2,1-2H3. The minimum Gasteiger partial charge on any atom is -0.493 e. The molecule has 1 aromatic carbocycles. The molecule has 0 bridgehead atoms. The van der Waals surface area contributed by atoms with Crippen molar-refractivity contribution < 1.29 is 9.47 Å². The minimum absolute atomic E-state index is 0.343. The molecule has 0 spiro atoms. The fraction of sp³-hybridized carbons (Fsp3) is 0.600. The van der Waals surface area contributed by atoms with Crippen LogP contribution in [0.4, 0.5) is 0 Å². The molecular weight excluding hydrogens is 306 g/mol. The largest absolute Gasteiger partial charge is 0.493 e. The molecule has 3 rings (SSSR count). The summed E-state index contributed by atoms with van der Waals surface area (Å²) in [6, 6.07) is 0. The van der Waals surface area contributed by atoms with E-state index in [1.165, 1.54) is 16.7 Å². The van der Waals surface area contributed by atoms with E-state index in [2.05, 4.69) is 29.8 Å². The molecule has 0 aromatic heterocycles. The van der Waals surface area contributed by atoms with Crippen molar-refractivity contribution in [1.82, 2.24) is 0 Å². The second-order valence-corrected chi connectivity index (χ2v) is 6.42. The lowest BCUT2D eigenvalue weighted by Gasteiger charge is -2.25. The zero-order valence-corrected chi connectivity index (χ0v) is 13.0. The lowest BCUT2D eigenvalue weighted by Crippen LogP contribution is -2.20. The molecule has 0 amide bonds. The van der Waals surface area contributed by atoms with Gasteiger partial charge in [-0.3, -0.25) is 0 Å². The van der Waals surface area contributed by atoms with Gasteiger partial charge in [-0.15, -0.1) is 0 Å². The first-order chi connectivity index (χ1) is 9.15. The number of hydrogen-bond donors (Lipinski definition) is 1. The normalized spacial score (nSPS) is 17.9. The molecule has 1 atom stereocenters. The van der Waals surface area contributed by atoms with Gasteiger partial charge in [0.1, 0.15) is 11.5 Å². The van der Waals surface area contributed by atoms with Gasteiger partial charge in [0.2, 0.25) is 0 Å². The van der Waals surface area contributed by atoms with Gasteiger partial charge >= 0.3 is 0 Å². The van der Waals surface area contributed by atoms with Crippen molar-refractivity contribution in [3.63, 3.8) is 0 Å². The van der Waals surface area contributed by atoms with Crippen LogP contribution in [0.5, 0.6) is 11.5 Å². The van der Waals surface area contributed by atoms with Crippen molar-refractivity contribution in [2.75, 3.05) is 19.8 Å². The molecule has 3 nitrogen and oxygen atoms in total. The first-order valence-corrected chi connectivity index (χ1v) is 7.77. The van der Waals surface area contributed by atoms with Crippen molar-refractivity contribution in [3.8, 4) is 11.5 Å². The maximum absolute atomic E-state index is 6.02. The van der Waals surface area contributed by atoms with Gasteiger partial charge in [-0.2, -0.15) is 0 Å². The van der Waals surface area contributed by atoms with Crippen LogP contribution in [0.3, 0.4) is 0 Å². The fourth-order valence-corrected chi connectivity index (χ4v) is 3.94. The quantitative estimate of drug-likeness (QED) is 0.929. The fourth-order valence-electron chi connectivity index (χ4n) is 3.20. The average Bonchev–Trinajstić information content (AvgIpc) is 3.02. The van der Waals surface area contributed by atoms with E-state index in [1.807, 2.05) is 0 Å². The van der Waals surface area contributed by atoms with Crippen LogP contribution < -0.4 is 15.2 Å². The Kier molecular flexibility index (Phi) is 3.48. The number of nitrogens with two attached hydrogens (primary N) is 1.